The Morgan fingerprint density at radius 1 is 1.28 bits per heavy atom. The molecule has 25 heavy (non-hydrogen) atoms. The molecule has 0 aliphatic heterocycles. The van der Waals surface area contributed by atoms with Crippen molar-refractivity contribution in [3.63, 3.8) is 0 Å². The van der Waals surface area contributed by atoms with E-state index >= 15 is 0 Å². The predicted molar refractivity (Wildman–Crippen MR) is 93.0 cm³/mol. The molecule has 1 saturated carbocycles. The van der Waals surface area contributed by atoms with Crippen LogP contribution in [0.25, 0.3) is 10.4 Å². The molecular formula is C17H17N5O2S. The summed E-state index contributed by atoms with van der Waals surface area (Å²) in [6.07, 6.45) is 4.85. The van der Waals surface area contributed by atoms with E-state index in [2.05, 4.69) is 20.6 Å². The highest BCUT2D eigenvalue weighted by molar-refractivity contribution is 7.16. The van der Waals surface area contributed by atoms with Gasteiger partial charge in [-0.3, -0.25) is 4.79 Å². The van der Waals surface area contributed by atoms with Gasteiger partial charge in [0.2, 0.25) is 0 Å². The molecular weight excluding hydrogens is 338 g/mol. The summed E-state index contributed by atoms with van der Waals surface area (Å²) >= 11 is 1.39. The minimum atomic E-state index is -0.142. The number of carbonyl (C=O) groups excluding carboxylic acids is 1. The van der Waals surface area contributed by atoms with Crippen LogP contribution in [-0.2, 0) is 6.61 Å². The van der Waals surface area contributed by atoms with Gasteiger partial charge in [-0.2, -0.15) is 0 Å². The van der Waals surface area contributed by atoms with E-state index in [9.17, 15) is 9.90 Å². The van der Waals surface area contributed by atoms with Crippen LogP contribution in [0.3, 0.4) is 0 Å². The van der Waals surface area contributed by atoms with E-state index in [0.717, 1.165) is 23.3 Å². The van der Waals surface area contributed by atoms with Crippen LogP contribution >= 0.6 is 11.3 Å². The predicted octanol–water partition coefficient (Wildman–Crippen LogP) is 2.03. The fourth-order valence-corrected chi connectivity index (χ4v) is 3.78. The molecule has 0 radical (unpaired) electrons. The van der Waals surface area contributed by atoms with E-state index in [0.29, 0.717) is 10.7 Å². The molecule has 1 fully saturated rings. The van der Waals surface area contributed by atoms with Crippen molar-refractivity contribution in [1.29, 1.82) is 0 Å². The number of amides is 1. The molecule has 1 aliphatic rings. The molecule has 0 atom stereocenters. The number of rotatable bonds is 5. The summed E-state index contributed by atoms with van der Waals surface area (Å²) in [4.78, 5) is 17.6. The molecule has 128 valence electrons. The Morgan fingerprint density at radius 2 is 2.08 bits per heavy atom. The Morgan fingerprint density at radius 3 is 2.84 bits per heavy atom. The highest BCUT2D eigenvalue weighted by atomic mass is 32.1. The topological polar surface area (TPSA) is 92.9 Å². The zero-order chi connectivity index (χ0) is 17.2. The van der Waals surface area contributed by atoms with Crippen LogP contribution in [0.1, 0.15) is 34.4 Å². The SMILES string of the molecule is O=C(N[C@H]1C[C@H](n2nncc2CO)C1)c1ncc(-c2ccccc2)s1. The number of aliphatic hydroxyl groups excluding tert-OH is 1. The quantitative estimate of drug-likeness (QED) is 0.730. The lowest BCUT2D eigenvalue weighted by atomic mass is 9.86. The number of aromatic nitrogens is 4. The largest absolute Gasteiger partial charge is 0.390 e. The fourth-order valence-electron chi connectivity index (χ4n) is 2.95. The van der Waals surface area contributed by atoms with Gasteiger partial charge in [-0.1, -0.05) is 35.5 Å². The number of thiazole rings is 1. The Kier molecular flexibility index (Phi) is 4.29. The minimum Gasteiger partial charge on any atom is -0.390 e. The fraction of sp³-hybridized carbons (Fsp3) is 0.294. The van der Waals surface area contributed by atoms with Crippen molar-refractivity contribution in [2.24, 2.45) is 0 Å². The molecule has 2 heterocycles. The summed E-state index contributed by atoms with van der Waals surface area (Å²) in [7, 11) is 0. The van der Waals surface area contributed by atoms with Gasteiger partial charge < -0.3 is 10.4 Å². The zero-order valence-corrected chi connectivity index (χ0v) is 14.2. The first-order valence-corrected chi connectivity index (χ1v) is 8.88. The molecule has 0 unspecified atom stereocenters. The Labute approximate surface area is 148 Å². The van der Waals surface area contributed by atoms with Crippen molar-refractivity contribution in [2.75, 3.05) is 0 Å². The van der Waals surface area contributed by atoms with E-state index in [1.165, 1.54) is 11.3 Å². The molecule has 2 aromatic heterocycles. The summed E-state index contributed by atoms with van der Waals surface area (Å²) in [6.45, 7) is -0.0814. The number of carbonyl (C=O) groups is 1. The van der Waals surface area contributed by atoms with Crippen LogP contribution in [-0.4, -0.2) is 37.0 Å². The van der Waals surface area contributed by atoms with Crippen molar-refractivity contribution >= 4 is 17.2 Å². The molecule has 8 heteroatoms. The van der Waals surface area contributed by atoms with Gasteiger partial charge in [-0.05, 0) is 18.4 Å². The van der Waals surface area contributed by atoms with Crippen LogP contribution in [0.5, 0.6) is 0 Å². The van der Waals surface area contributed by atoms with E-state index in [-0.39, 0.29) is 24.6 Å². The summed E-state index contributed by atoms with van der Waals surface area (Å²) in [5.41, 5.74) is 1.76. The first-order valence-electron chi connectivity index (χ1n) is 8.06. The van der Waals surface area contributed by atoms with E-state index in [1.54, 1.807) is 17.1 Å². The standard InChI is InChI=1S/C17H17N5O2S/c23-10-14-8-19-21-22(14)13-6-12(7-13)20-16(24)17-18-9-15(25-17)11-4-2-1-3-5-11/h1-5,8-9,12-13,23H,6-7,10H2,(H,20,24)/t12-,13-. The second-order valence-corrected chi connectivity index (χ2v) is 7.05. The van der Waals surface area contributed by atoms with Crippen molar-refractivity contribution in [3.8, 4) is 10.4 Å². The van der Waals surface area contributed by atoms with Crippen LogP contribution in [0.2, 0.25) is 0 Å². The lowest BCUT2D eigenvalue weighted by Gasteiger charge is -2.35. The van der Waals surface area contributed by atoms with Gasteiger partial charge in [0.05, 0.1) is 29.4 Å². The van der Waals surface area contributed by atoms with Crippen molar-refractivity contribution in [2.45, 2.75) is 31.5 Å². The van der Waals surface area contributed by atoms with Gasteiger partial charge in [0, 0.05) is 12.2 Å². The van der Waals surface area contributed by atoms with Crippen LogP contribution < -0.4 is 5.32 Å². The van der Waals surface area contributed by atoms with E-state index < -0.39 is 0 Å². The number of hydrogen-bond donors (Lipinski definition) is 2. The maximum atomic E-state index is 12.4. The normalized spacial score (nSPS) is 19.4. The molecule has 3 aromatic rings. The van der Waals surface area contributed by atoms with Gasteiger partial charge in [0.25, 0.3) is 5.91 Å². The molecule has 1 aromatic carbocycles. The number of hydrogen-bond acceptors (Lipinski definition) is 6. The van der Waals surface area contributed by atoms with Crippen LogP contribution in [0, 0.1) is 0 Å². The molecule has 4 rings (SSSR count). The first kappa shape index (κ1) is 15.9. The molecule has 0 saturated heterocycles. The summed E-state index contributed by atoms with van der Waals surface area (Å²) in [6, 6.07) is 10.2. The molecule has 0 spiro atoms. The van der Waals surface area contributed by atoms with Gasteiger partial charge in [-0.15, -0.1) is 16.4 Å². The first-order chi connectivity index (χ1) is 12.2. The minimum absolute atomic E-state index is 0.0814. The lowest BCUT2D eigenvalue weighted by molar-refractivity contribution is 0.0883. The second kappa shape index (κ2) is 6.73. The third kappa shape index (κ3) is 3.18. The summed E-state index contributed by atoms with van der Waals surface area (Å²) in [5, 5.41) is 20.6. The molecule has 2 N–H and O–H groups in total. The smallest absolute Gasteiger partial charge is 0.280 e. The maximum absolute atomic E-state index is 12.4. The second-order valence-electron chi connectivity index (χ2n) is 6.02. The number of benzene rings is 1. The van der Waals surface area contributed by atoms with E-state index in [1.807, 2.05) is 30.3 Å². The monoisotopic (exact) mass is 355 g/mol. The van der Waals surface area contributed by atoms with Crippen molar-refractivity contribution < 1.29 is 9.90 Å². The average Bonchev–Trinajstić information content (AvgIpc) is 3.27. The third-order valence-electron chi connectivity index (χ3n) is 4.36. The highest BCUT2D eigenvalue weighted by Crippen LogP contribution is 2.33. The zero-order valence-electron chi connectivity index (χ0n) is 13.4. The van der Waals surface area contributed by atoms with Gasteiger partial charge in [0.1, 0.15) is 0 Å². The Balaban J connectivity index is 1.35. The van der Waals surface area contributed by atoms with Crippen molar-refractivity contribution in [1.82, 2.24) is 25.3 Å². The van der Waals surface area contributed by atoms with Gasteiger partial charge in [0.15, 0.2) is 5.01 Å². The van der Waals surface area contributed by atoms with Crippen LogP contribution in [0.15, 0.2) is 42.7 Å². The molecule has 7 nitrogen and oxygen atoms in total. The molecule has 1 aliphatic carbocycles. The Bertz CT molecular complexity index is 870. The lowest BCUT2D eigenvalue weighted by Crippen LogP contribution is -2.45. The molecule has 1 amide bonds. The third-order valence-corrected chi connectivity index (χ3v) is 5.41. The van der Waals surface area contributed by atoms with Gasteiger partial charge >= 0.3 is 0 Å². The maximum Gasteiger partial charge on any atom is 0.280 e. The van der Waals surface area contributed by atoms with Crippen LogP contribution in [0.4, 0.5) is 0 Å². The van der Waals surface area contributed by atoms with Gasteiger partial charge in [-0.25, -0.2) is 9.67 Å². The summed E-state index contributed by atoms with van der Waals surface area (Å²) in [5.74, 6) is -0.142. The average molecular weight is 355 g/mol. The Hall–Kier alpha value is -2.58. The highest BCUT2D eigenvalue weighted by Gasteiger charge is 2.34. The molecule has 0 bridgehead atoms. The van der Waals surface area contributed by atoms with E-state index in [4.69, 9.17) is 0 Å². The summed E-state index contributed by atoms with van der Waals surface area (Å²) < 4.78 is 1.74. The number of aliphatic hydroxyl groups is 1. The van der Waals surface area contributed by atoms with Crippen molar-refractivity contribution in [3.05, 3.63) is 53.4 Å². The number of nitrogens with one attached hydrogen (secondary N) is 1. The number of nitrogens with zero attached hydrogens (tertiary/aromatic N) is 4.